The van der Waals surface area contributed by atoms with E-state index in [1.807, 2.05) is 26.0 Å². The van der Waals surface area contributed by atoms with Crippen molar-refractivity contribution in [3.05, 3.63) is 65.2 Å². The van der Waals surface area contributed by atoms with E-state index in [0.29, 0.717) is 18.2 Å². The van der Waals surface area contributed by atoms with Crippen molar-refractivity contribution >= 4 is 0 Å². The molecule has 0 aromatic carbocycles. The number of aromatic nitrogens is 3. The van der Waals surface area contributed by atoms with Crippen molar-refractivity contribution in [3.63, 3.8) is 0 Å². The smallest absolute Gasteiger partial charge is 0.146 e. The van der Waals surface area contributed by atoms with Gasteiger partial charge in [-0.1, -0.05) is 11.2 Å². The van der Waals surface area contributed by atoms with Crippen LogP contribution in [0, 0.1) is 25.6 Å². The Kier molecular flexibility index (Phi) is 4.99. The van der Waals surface area contributed by atoms with Crippen LogP contribution in [0.25, 0.3) is 11.3 Å². The van der Waals surface area contributed by atoms with E-state index < -0.39 is 0 Å². The number of hydrogen-bond acceptors (Lipinski definition) is 5. The number of hydrogen-bond donors (Lipinski definition) is 0. The summed E-state index contributed by atoms with van der Waals surface area (Å²) in [5.41, 5.74) is 4.35. The van der Waals surface area contributed by atoms with E-state index in [1.165, 1.54) is 6.07 Å². The van der Waals surface area contributed by atoms with Gasteiger partial charge >= 0.3 is 0 Å². The van der Waals surface area contributed by atoms with Crippen LogP contribution in [-0.4, -0.2) is 33.1 Å². The van der Waals surface area contributed by atoms with E-state index in [1.54, 1.807) is 12.3 Å². The lowest BCUT2D eigenvalue weighted by molar-refractivity contribution is 0.306. The predicted octanol–water partition coefficient (Wildman–Crippen LogP) is 3.95. The minimum absolute atomic E-state index is 0.227. The van der Waals surface area contributed by atoms with E-state index in [-0.39, 0.29) is 5.82 Å². The lowest BCUT2D eigenvalue weighted by Crippen LogP contribution is -2.22. The fourth-order valence-electron chi connectivity index (χ4n) is 3.85. The zero-order valence-electron chi connectivity index (χ0n) is 15.7. The van der Waals surface area contributed by atoms with Gasteiger partial charge in [0.15, 0.2) is 0 Å². The molecule has 1 fully saturated rings. The van der Waals surface area contributed by atoms with Crippen LogP contribution < -0.4 is 0 Å². The highest BCUT2D eigenvalue weighted by Crippen LogP contribution is 2.27. The summed E-state index contributed by atoms with van der Waals surface area (Å²) < 4.78 is 19.1. The van der Waals surface area contributed by atoms with Gasteiger partial charge in [0.2, 0.25) is 0 Å². The Morgan fingerprint density at radius 3 is 2.89 bits per heavy atom. The number of aryl methyl sites for hydroxylation is 2. The fraction of sp³-hybridized carbons (Fsp3) is 0.381. The third kappa shape index (κ3) is 3.90. The summed E-state index contributed by atoms with van der Waals surface area (Å²) in [5, 5.41) is 4.02. The lowest BCUT2D eigenvalue weighted by atomic mass is 10.0. The van der Waals surface area contributed by atoms with Crippen molar-refractivity contribution < 1.29 is 8.91 Å². The predicted molar refractivity (Wildman–Crippen MR) is 100 cm³/mol. The second kappa shape index (κ2) is 7.56. The molecular weight excluding hydrogens is 343 g/mol. The topological polar surface area (TPSA) is 55.1 Å². The molecule has 0 spiro atoms. The molecule has 3 aromatic heterocycles. The first-order valence-corrected chi connectivity index (χ1v) is 9.31. The van der Waals surface area contributed by atoms with E-state index in [0.717, 1.165) is 54.3 Å². The van der Waals surface area contributed by atoms with Crippen LogP contribution >= 0.6 is 0 Å². The van der Waals surface area contributed by atoms with Gasteiger partial charge in [0.05, 0.1) is 22.6 Å². The molecule has 5 nitrogen and oxygen atoms in total. The standard InChI is InChI=1S/C21H23FN4O/c1-14-21(15(2)27-25-14)19-7-3-5-17(24-19)11-16-8-10-26(12-16)13-20-18(22)6-4-9-23-20/h3-7,9,16H,8,10-13H2,1-2H3. The van der Waals surface area contributed by atoms with Crippen molar-refractivity contribution in [2.75, 3.05) is 13.1 Å². The first kappa shape index (κ1) is 17.8. The van der Waals surface area contributed by atoms with Gasteiger partial charge in [-0.2, -0.15) is 0 Å². The summed E-state index contributed by atoms with van der Waals surface area (Å²) in [7, 11) is 0. The van der Waals surface area contributed by atoms with Crippen LogP contribution in [0.2, 0.25) is 0 Å². The molecule has 4 heterocycles. The van der Waals surface area contributed by atoms with Gasteiger partial charge in [-0.25, -0.2) is 4.39 Å². The van der Waals surface area contributed by atoms with Crippen LogP contribution in [0.4, 0.5) is 4.39 Å². The maximum Gasteiger partial charge on any atom is 0.146 e. The molecule has 140 valence electrons. The number of likely N-dealkylation sites (tertiary alicyclic amines) is 1. The quantitative estimate of drug-likeness (QED) is 0.684. The van der Waals surface area contributed by atoms with Gasteiger partial charge < -0.3 is 4.52 Å². The summed E-state index contributed by atoms with van der Waals surface area (Å²) in [6.07, 6.45) is 3.65. The lowest BCUT2D eigenvalue weighted by Gasteiger charge is -2.16. The molecule has 1 saturated heterocycles. The number of nitrogens with zero attached hydrogens (tertiary/aromatic N) is 4. The second-order valence-electron chi connectivity index (χ2n) is 7.24. The van der Waals surface area contributed by atoms with Crippen molar-refractivity contribution in [2.45, 2.75) is 33.2 Å². The minimum atomic E-state index is -0.227. The molecule has 0 aliphatic carbocycles. The summed E-state index contributed by atoms with van der Waals surface area (Å²) in [4.78, 5) is 11.3. The van der Waals surface area contributed by atoms with Crippen LogP contribution in [0.3, 0.4) is 0 Å². The molecule has 0 bridgehead atoms. The highest BCUT2D eigenvalue weighted by Gasteiger charge is 2.24. The Bertz CT molecular complexity index is 920. The van der Waals surface area contributed by atoms with Gasteiger partial charge in [0.1, 0.15) is 11.6 Å². The van der Waals surface area contributed by atoms with Crippen LogP contribution in [0.1, 0.15) is 29.3 Å². The molecule has 1 unspecified atom stereocenters. The van der Waals surface area contributed by atoms with Gasteiger partial charge in [-0.05, 0) is 63.4 Å². The van der Waals surface area contributed by atoms with E-state index in [9.17, 15) is 4.39 Å². The molecular formula is C21H23FN4O. The van der Waals surface area contributed by atoms with Crippen LogP contribution in [0.15, 0.2) is 41.1 Å². The molecule has 27 heavy (non-hydrogen) atoms. The van der Waals surface area contributed by atoms with Gasteiger partial charge in [-0.3, -0.25) is 14.9 Å². The van der Waals surface area contributed by atoms with Crippen LogP contribution in [0.5, 0.6) is 0 Å². The SMILES string of the molecule is Cc1noc(C)c1-c1cccc(CC2CCN(Cc3ncccc3F)C2)n1. The van der Waals surface area contributed by atoms with E-state index in [2.05, 4.69) is 21.1 Å². The van der Waals surface area contributed by atoms with E-state index in [4.69, 9.17) is 9.51 Å². The number of pyridine rings is 2. The first-order valence-electron chi connectivity index (χ1n) is 9.31. The Hall–Kier alpha value is -2.60. The van der Waals surface area contributed by atoms with Gasteiger partial charge in [0, 0.05) is 25.0 Å². The van der Waals surface area contributed by atoms with Crippen molar-refractivity contribution in [3.8, 4) is 11.3 Å². The normalized spacial score (nSPS) is 17.5. The Labute approximate surface area is 158 Å². The first-order chi connectivity index (χ1) is 13.1. The molecule has 4 rings (SSSR count). The zero-order valence-corrected chi connectivity index (χ0v) is 15.7. The highest BCUT2D eigenvalue weighted by atomic mass is 19.1. The Balaban J connectivity index is 1.42. The molecule has 0 radical (unpaired) electrons. The Morgan fingerprint density at radius 2 is 2.11 bits per heavy atom. The van der Waals surface area contributed by atoms with Crippen molar-refractivity contribution in [1.82, 2.24) is 20.0 Å². The molecule has 3 aromatic rings. The number of rotatable bonds is 5. The zero-order chi connectivity index (χ0) is 18.8. The minimum Gasteiger partial charge on any atom is -0.361 e. The molecule has 6 heteroatoms. The third-order valence-corrected chi connectivity index (χ3v) is 5.17. The maximum absolute atomic E-state index is 13.8. The maximum atomic E-state index is 13.8. The largest absolute Gasteiger partial charge is 0.361 e. The molecule has 0 amide bonds. The third-order valence-electron chi connectivity index (χ3n) is 5.17. The highest BCUT2D eigenvalue weighted by molar-refractivity contribution is 5.63. The molecule has 0 N–H and O–H groups in total. The van der Waals surface area contributed by atoms with Crippen molar-refractivity contribution in [2.24, 2.45) is 5.92 Å². The van der Waals surface area contributed by atoms with Gasteiger partial charge in [0.25, 0.3) is 0 Å². The molecule has 0 saturated carbocycles. The molecule has 1 aliphatic rings. The van der Waals surface area contributed by atoms with E-state index >= 15 is 0 Å². The second-order valence-corrected chi connectivity index (χ2v) is 7.24. The average Bonchev–Trinajstić information content (AvgIpc) is 3.23. The summed E-state index contributed by atoms with van der Waals surface area (Å²) in [5.74, 6) is 1.08. The fourth-order valence-corrected chi connectivity index (χ4v) is 3.85. The average molecular weight is 366 g/mol. The summed E-state index contributed by atoms with van der Waals surface area (Å²) >= 11 is 0. The van der Waals surface area contributed by atoms with Crippen molar-refractivity contribution in [1.29, 1.82) is 0 Å². The summed E-state index contributed by atoms with van der Waals surface area (Å²) in [6.45, 7) is 6.31. The molecule has 1 aliphatic heterocycles. The van der Waals surface area contributed by atoms with Crippen LogP contribution in [-0.2, 0) is 13.0 Å². The van der Waals surface area contributed by atoms with Gasteiger partial charge in [-0.15, -0.1) is 0 Å². The Morgan fingerprint density at radius 1 is 1.22 bits per heavy atom. The monoisotopic (exact) mass is 366 g/mol. The molecule has 1 atom stereocenters. The number of halogens is 1. The summed E-state index contributed by atoms with van der Waals surface area (Å²) in [6, 6.07) is 9.21.